The molecule has 0 aliphatic heterocycles. The molecule has 0 unspecified atom stereocenters. The van der Waals surface area contributed by atoms with Crippen LogP contribution in [0.5, 0.6) is 11.5 Å². The highest BCUT2D eigenvalue weighted by molar-refractivity contribution is 6.23. The molecule has 0 bridgehead atoms. The molecular formula is C32H26O2. The Kier molecular flexibility index (Phi) is 4.70. The van der Waals surface area contributed by atoms with E-state index >= 15 is 0 Å². The molecule has 0 atom stereocenters. The molecule has 6 aromatic rings. The van der Waals surface area contributed by atoms with E-state index in [0.29, 0.717) is 0 Å². The van der Waals surface area contributed by atoms with E-state index in [2.05, 4.69) is 85.8 Å². The number of benzene rings is 6. The van der Waals surface area contributed by atoms with E-state index in [9.17, 15) is 0 Å². The molecule has 0 amide bonds. The number of methoxy groups -OCH3 is 2. The van der Waals surface area contributed by atoms with Gasteiger partial charge in [-0.05, 0) is 80.2 Å². The minimum absolute atomic E-state index is 0.374. The quantitative estimate of drug-likeness (QED) is 0.199. The number of ether oxygens (including phenoxy) is 2. The standard InChI is InChI=1S/C32H26O2/c1-32(24-11-15-26(33-2)16-12-24,25-13-17-27(34-3)18-14-25)29-20-10-23-8-7-21-5-4-6-22-9-19-28(29)31(23)30(21)22/h4-20H,1-3H3. The molecule has 0 aliphatic rings. The van der Waals surface area contributed by atoms with Crippen molar-refractivity contribution in [1.29, 1.82) is 0 Å². The largest absolute Gasteiger partial charge is 0.497 e. The van der Waals surface area contributed by atoms with Crippen LogP contribution in [-0.4, -0.2) is 14.2 Å². The number of hydrogen-bond acceptors (Lipinski definition) is 2. The van der Waals surface area contributed by atoms with E-state index in [0.717, 1.165) is 11.5 Å². The van der Waals surface area contributed by atoms with E-state index in [-0.39, 0.29) is 5.41 Å². The summed E-state index contributed by atoms with van der Waals surface area (Å²) in [6.07, 6.45) is 0. The SMILES string of the molecule is COc1ccc(C(C)(c2ccc(OC)cc2)c2ccc3ccc4cccc5ccc2c3c45)cc1. The number of hydrogen-bond donors (Lipinski definition) is 0. The second-order valence-corrected chi connectivity index (χ2v) is 9.05. The zero-order valence-corrected chi connectivity index (χ0v) is 19.6. The molecule has 166 valence electrons. The van der Waals surface area contributed by atoms with Gasteiger partial charge in [-0.25, -0.2) is 0 Å². The number of rotatable bonds is 5. The molecule has 6 aromatic carbocycles. The van der Waals surface area contributed by atoms with Crippen molar-refractivity contribution in [2.45, 2.75) is 12.3 Å². The van der Waals surface area contributed by atoms with Crippen LogP contribution >= 0.6 is 0 Å². The summed E-state index contributed by atoms with van der Waals surface area (Å²) < 4.78 is 10.9. The summed E-state index contributed by atoms with van der Waals surface area (Å²) in [5.41, 5.74) is 3.34. The van der Waals surface area contributed by atoms with Crippen molar-refractivity contribution in [3.63, 3.8) is 0 Å². The Balaban J connectivity index is 1.70. The average Bonchev–Trinajstić information content (AvgIpc) is 2.91. The van der Waals surface area contributed by atoms with Crippen molar-refractivity contribution in [3.05, 3.63) is 120 Å². The second kappa shape index (κ2) is 7.78. The first-order valence-electron chi connectivity index (χ1n) is 11.6. The van der Waals surface area contributed by atoms with Crippen molar-refractivity contribution in [1.82, 2.24) is 0 Å². The lowest BCUT2D eigenvalue weighted by Crippen LogP contribution is -2.25. The first-order chi connectivity index (χ1) is 16.6. The van der Waals surface area contributed by atoms with Crippen LogP contribution in [0, 0.1) is 0 Å². The molecule has 0 saturated carbocycles. The summed E-state index contributed by atoms with van der Waals surface area (Å²) in [5, 5.41) is 7.80. The van der Waals surface area contributed by atoms with Gasteiger partial charge in [0.15, 0.2) is 0 Å². The van der Waals surface area contributed by atoms with Crippen LogP contribution in [0.2, 0.25) is 0 Å². The van der Waals surface area contributed by atoms with E-state index in [4.69, 9.17) is 9.47 Å². The van der Waals surface area contributed by atoms with E-state index < -0.39 is 0 Å². The predicted octanol–water partition coefficient (Wildman–Crippen LogP) is 7.96. The fourth-order valence-electron chi connectivity index (χ4n) is 5.50. The van der Waals surface area contributed by atoms with Crippen molar-refractivity contribution in [2.24, 2.45) is 0 Å². The van der Waals surface area contributed by atoms with Crippen LogP contribution in [0.15, 0.2) is 103 Å². The zero-order valence-electron chi connectivity index (χ0n) is 19.6. The Morgan fingerprint density at radius 2 is 0.971 bits per heavy atom. The van der Waals surface area contributed by atoms with Crippen molar-refractivity contribution >= 4 is 32.3 Å². The summed E-state index contributed by atoms with van der Waals surface area (Å²) in [4.78, 5) is 0. The maximum absolute atomic E-state index is 5.45. The van der Waals surface area contributed by atoms with Gasteiger partial charge < -0.3 is 9.47 Å². The minimum Gasteiger partial charge on any atom is -0.497 e. The van der Waals surface area contributed by atoms with Crippen LogP contribution in [0.4, 0.5) is 0 Å². The van der Waals surface area contributed by atoms with Gasteiger partial charge in [0, 0.05) is 5.41 Å². The molecule has 2 heteroatoms. The molecule has 0 aromatic heterocycles. The maximum atomic E-state index is 5.45. The van der Waals surface area contributed by atoms with Crippen LogP contribution < -0.4 is 9.47 Å². The Morgan fingerprint density at radius 1 is 0.500 bits per heavy atom. The molecule has 0 fully saturated rings. The summed E-state index contributed by atoms with van der Waals surface area (Å²) in [5.74, 6) is 1.72. The maximum Gasteiger partial charge on any atom is 0.118 e. The molecule has 0 N–H and O–H groups in total. The second-order valence-electron chi connectivity index (χ2n) is 9.05. The van der Waals surface area contributed by atoms with Crippen LogP contribution in [0.25, 0.3) is 32.3 Å². The van der Waals surface area contributed by atoms with Gasteiger partial charge in [0.25, 0.3) is 0 Å². The molecule has 6 rings (SSSR count). The average molecular weight is 443 g/mol. The molecule has 34 heavy (non-hydrogen) atoms. The third-order valence-corrected chi connectivity index (χ3v) is 7.40. The van der Waals surface area contributed by atoms with Gasteiger partial charge in [-0.3, -0.25) is 0 Å². The predicted molar refractivity (Wildman–Crippen MR) is 142 cm³/mol. The van der Waals surface area contributed by atoms with Gasteiger partial charge in [-0.15, -0.1) is 0 Å². The molecule has 0 saturated heterocycles. The zero-order chi connectivity index (χ0) is 23.3. The Morgan fingerprint density at radius 3 is 1.50 bits per heavy atom. The molecule has 0 heterocycles. The highest BCUT2D eigenvalue weighted by Crippen LogP contribution is 2.45. The normalized spacial score (nSPS) is 12.0. The Bertz CT molecular complexity index is 1550. The third-order valence-electron chi connectivity index (χ3n) is 7.40. The van der Waals surface area contributed by atoms with Crippen LogP contribution in [-0.2, 0) is 5.41 Å². The van der Waals surface area contributed by atoms with E-state index in [1.54, 1.807) is 14.2 Å². The highest BCUT2D eigenvalue weighted by Gasteiger charge is 2.33. The lowest BCUT2D eigenvalue weighted by molar-refractivity contribution is 0.414. The van der Waals surface area contributed by atoms with Crippen molar-refractivity contribution in [3.8, 4) is 11.5 Å². The van der Waals surface area contributed by atoms with Gasteiger partial charge in [-0.2, -0.15) is 0 Å². The molecular weight excluding hydrogens is 416 g/mol. The van der Waals surface area contributed by atoms with Crippen molar-refractivity contribution < 1.29 is 9.47 Å². The van der Waals surface area contributed by atoms with Gasteiger partial charge in [0.1, 0.15) is 11.5 Å². The Labute approximate surface area is 199 Å². The first-order valence-corrected chi connectivity index (χ1v) is 11.6. The molecule has 0 radical (unpaired) electrons. The summed E-state index contributed by atoms with van der Waals surface area (Å²) in [6, 6.07) is 37.1. The van der Waals surface area contributed by atoms with E-state index in [1.807, 2.05) is 24.3 Å². The Hall–Kier alpha value is -4.04. The van der Waals surface area contributed by atoms with Crippen molar-refractivity contribution in [2.75, 3.05) is 14.2 Å². The molecule has 0 aliphatic carbocycles. The lowest BCUT2D eigenvalue weighted by atomic mass is 9.69. The first kappa shape index (κ1) is 20.6. The fourth-order valence-corrected chi connectivity index (χ4v) is 5.50. The van der Waals surface area contributed by atoms with Crippen LogP contribution in [0.3, 0.4) is 0 Å². The summed E-state index contributed by atoms with van der Waals surface area (Å²) in [7, 11) is 3.41. The van der Waals surface area contributed by atoms with Gasteiger partial charge in [0.05, 0.1) is 14.2 Å². The summed E-state index contributed by atoms with van der Waals surface area (Å²) >= 11 is 0. The molecule has 2 nitrogen and oxygen atoms in total. The monoisotopic (exact) mass is 442 g/mol. The van der Waals surface area contributed by atoms with Gasteiger partial charge in [-0.1, -0.05) is 78.9 Å². The highest BCUT2D eigenvalue weighted by atomic mass is 16.5. The summed E-state index contributed by atoms with van der Waals surface area (Å²) in [6.45, 7) is 2.32. The topological polar surface area (TPSA) is 18.5 Å². The smallest absolute Gasteiger partial charge is 0.118 e. The minimum atomic E-state index is -0.374. The van der Waals surface area contributed by atoms with Gasteiger partial charge >= 0.3 is 0 Å². The fraction of sp³-hybridized carbons (Fsp3) is 0.125. The van der Waals surface area contributed by atoms with Crippen LogP contribution in [0.1, 0.15) is 23.6 Å². The third kappa shape index (κ3) is 2.95. The van der Waals surface area contributed by atoms with Gasteiger partial charge in [0.2, 0.25) is 0 Å². The molecule has 0 spiro atoms. The van der Waals surface area contributed by atoms with E-state index in [1.165, 1.54) is 49.0 Å². The lowest BCUT2D eigenvalue weighted by Gasteiger charge is -2.33.